The van der Waals surface area contributed by atoms with E-state index in [9.17, 15) is 14.4 Å². The number of benzene rings is 1. The number of carbonyl (C=O) groups excluding carboxylic acids is 3. The van der Waals surface area contributed by atoms with Gasteiger partial charge >= 0.3 is 0 Å². The van der Waals surface area contributed by atoms with Crippen LogP contribution in [0.3, 0.4) is 0 Å². The molecule has 1 aromatic rings. The Hall–Kier alpha value is -1.63. The minimum Gasteiger partial charge on any atom is -0.385 e. The highest BCUT2D eigenvalue weighted by molar-refractivity contribution is 6.43. The fourth-order valence-corrected chi connectivity index (χ4v) is 2.92. The zero-order valence-corrected chi connectivity index (χ0v) is 15.1. The standard InChI is InChI=1S/C16H18Cl2N2O4/c1-9(14(21)19(2)5-4-6-24-3)20-15(22)10-7-12(17)13(18)8-11(10)16(20)23/h7-9H,4-6H2,1-3H3. The molecule has 3 amide bonds. The van der Waals surface area contributed by atoms with Crippen molar-refractivity contribution in [1.82, 2.24) is 9.80 Å². The first-order chi connectivity index (χ1) is 11.3. The summed E-state index contributed by atoms with van der Waals surface area (Å²) in [7, 11) is 3.21. The Balaban J connectivity index is 2.19. The second-order valence-electron chi connectivity index (χ2n) is 5.57. The number of ether oxygens (including phenoxy) is 1. The lowest BCUT2D eigenvalue weighted by molar-refractivity contribution is -0.133. The van der Waals surface area contributed by atoms with Crippen molar-refractivity contribution >= 4 is 40.9 Å². The van der Waals surface area contributed by atoms with Crippen LogP contribution in [0.15, 0.2) is 12.1 Å². The van der Waals surface area contributed by atoms with Crippen LogP contribution in [-0.4, -0.2) is 60.9 Å². The van der Waals surface area contributed by atoms with Crippen LogP contribution < -0.4 is 0 Å². The molecule has 2 rings (SSSR count). The molecule has 8 heteroatoms. The Morgan fingerprint density at radius 3 is 2.17 bits per heavy atom. The van der Waals surface area contributed by atoms with Gasteiger partial charge in [0.1, 0.15) is 6.04 Å². The van der Waals surface area contributed by atoms with Crippen molar-refractivity contribution in [2.45, 2.75) is 19.4 Å². The number of amides is 3. The molecule has 6 nitrogen and oxygen atoms in total. The summed E-state index contributed by atoms with van der Waals surface area (Å²) < 4.78 is 4.95. The number of rotatable bonds is 6. The zero-order chi connectivity index (χ0) is 18.0. The Bertz CT molecular complexity index is 652. The topological polar surface area (TPSA) is 66.9 Å². The first-order valence-corrected chi connectivity index (χ1v) is 8.16. The molecule has 0 saturated heterocycles. The number of methoxy groups -OCH3 is 1. The Kier molecular flexibility index (Phi) is 5.85. The summed E-state index contributed by atoms with van der Waals surface area (Å²) >= 11 is 11.8. The number of carbonyl (C=O) groups is 3. The van der Waals surface area contributed by atoms with Crippen LogP contribution in [0.2, 0.25) is 10.0 Å². The van der Waals surface area contributed by atoms with Gasteiger partial charge in [0.05, 0.1) is 21.2 Å². The maximum absolute atomic E-state index is 12.5. The lowest BCUT2D eigenvalue weighted by Gasteiger charge is -2.26. The van der Waals surface area contributed by atoms with E-state index < -0.39 is 17.9 Å². The Morgan fingerprint density at radius 1 is 1.21 bits per heavy atom. The van der Waals surface area contributed by atoms with E-state index in [0.717, 1.165) is 4.90 Å². The van der Waals surface area contributed by atoms with Gasteiger partial charge in [0.2, 0.25) is 5.91 Å². The van der Waals surface area contributed by atoms with E-state index in [2.05, 4.69) is 0 Å². The molecule has 24 heavy (non-hydrogen) atoms. The summed E-state index contributed by atoms with van der Waals surface area (Å²) in [6.45, 7) is 2.52. The number of fused-ring (bicyclic) bond motifs is 1. The van der Waals surface area contributed by atoms with Crippen LogP contribution in [-0.2, 0) is 9.53 Å². The van der Waals surface area contributed by atoms with Gasteiger partial charge in [-0.25, -0.2) is 0 Å². The molecular formula is C16H18Cl2N2O4. The van der Waals surface area contributed by atoms with Gasteiger partial charge in [-0.05, 0) is 25.5 Å². The van der Waals surface area contributed by atoms with Crippen LogP contribution in [0.1, 0.15) is 34.1 Å². The zero-order valence-electron chi connectivity index (χ0n) is 13.6. The summed E-state index contributed by atoms with van der Waals surface area (Å²) in [4.78, 5) is 39.9. The summed E-state index contributed by atoms with van der Waals surface area (Å²) in [5, 5.41) is 0.378. The largest absolute Gasteiger partial charge is 0.385 e. The smallest absolute Gasteiger partial charge is 0.262 e. The first kappa shape index (κ1) is 18.7. The highest BCUT2D eigenvalue weighted by Crippen LogP contribution is 2.32. The molecule has 0 N–H and O–H groups in total. The minimum atomic E-state index is -0.914. The van der Waals surface area contributed by atoms with E-state index in [4.69, 9.17) is 27.9 Å². The molecule has 1 heterocycles. The highest BCUT2D eigenvalue weighted by Gasteiger charge is 2.42. The molecule has 1 aliphatic heterocycles. The number of hydrogen-bond acceptors (Lipinski definition) is 4. The van der Waals surface area contributed by atoms with Crippen LogP contribution in [0.4, 0.5) is 0 Å². The average molecular weight is 373 g/mol. The molecule has 0 bridgehead atoms. The third-order valence-electron chi connectivity index (χ3n) is 3.92. The summed E-state index contributed by atoms with van der Waals surface area (Å²) in [5.41, 5.74) is 0.326. The van der Waals surface area contributed by atoms with Crippen molar-refractivity contribution < 1.29 is 19.1 Å². The van der Waals surface area contributed by atoms with Gasteiger partial charge in [0.25, 0.3) is 11.8 Å². The normalized spacial score (nSPS) is 14.8. The van der Waals surface area contributed by atoms with Gasteiger partial charge in [-0.1, -0.05) is 23.2 Å². The van der Waals surface area contributed by atoms with Gasteiger partial charge < -0.3 is 9.64 Å². The molecule has 0 fully saturated rings. The van der Waals surface area contributed by atoms with E-state index in [1.165, 1.54) is 24.0 Å². The first-order valence-electron chi connectivity index (χ1n) is 7.40. The molecule has 1 aromatic carbocycles. The molecule has 0 spiro atoms. The lowest BCUT2D eigenvalue weighted by atomic mass is 10.1. The number of likely N-dealkylation sites (N-methyl/N-ethyl adjacent to an activating group) is 1. The maximum Gasteiger partial charge on any atom is 0.262 e. The number of imide groups is 1. The van der Waals surface area contributed by atoms with Crippen LogP contribution in [0.25, 0.3) is 0 Å². The van der Waals surface area contributed by atoms with Crippen molar-refractivity contribution in [2.75, 3.05) is 27.3 Å². The SMILES string of the molecule is COCCCN(C)C(=O)C(C)N1C(=O)c2cc(Cl)c(Cl)cc2C1=O. The van der Waals surface area contributed by atoms with Gasteiger partial charge in [0.15, 0.2) is 0 Å². The van der Waals surface area contributed by atoms with E-state index in [-0.39, 0.29) is 27.1 Å². The summed E-state index contributed by atoms with van der Waals surface area (Å²) in [6.07, 6.45) is 0.665. The van der Waals surface area contributed by atoms with Crippen LogP contribution in [0, 0.1) is 0 Å². The fraction of sp³-hybridized carbons (Fsp3) is 0.438. The Morgan fingerprint density at radius 2 is 1.71 bits per heavy atom. The fourth-order valence-electron chi connectivity index (χ4n) is 2.59. The third kappa shape index (κ3) is 3.41. The highest BCUT2D eigenvalue weighted by atomic mass is 35.5. The Labute approximate surface area is 150 Å². The van der Waals surface area contributed by atoms with Crippen molar-refractivity contribution in [1.29, 1.82) is 0 Å². The van der Waals surface area contributed by atoms with Crippen molar-refractivity contribution in [3.05, 3.63) is 33.3 Å². The van der Waals surface area contributed by atoms with E-state index in [1.54, 1.807) is 14.2 Å². The van der Waals surface area contributed by atoms with Crippen molar-refractivity contribution in [2.24, 2.45) is 0 Å². The van der Waals surface area contributed by atoms with Crippen molar-refractivity contribution in [3.63, 3.8) is 0 Å². The summed E-state index contributed by atoms with van der Waals surface area (Å²) in [5.74, 6) is -1.41. The van der Waals surface area contributed by atoms with Crippen LogP contribution in [0.5, 0.6) is 0 Å². The molecule has 1 aliphatic rings. The molecule has 0 aromatic heterocycles. The molecular weight excluding hydrogens is 355 g/mol. The predicted octanol–water partition coefficient (Wildman–Crippen LogP) is 2.47. The van der Waals surface area contributed by atoms with Crippen molar-refractivity contribution in [3.8, 4) is 0 Å². The number of hydrogen-bond donors (Lipinski definition) is 0. The molecule has 0 aliphatic carbocycles. The second-order valence-corrected chi connectivity index (χ2v) is 6.39. The second kappa shape index (κ2) is 7.51. The van der Waals surface area contributed by atoms with E-state index in [1.807, 2.05) is 0 Å². The molecule has 0 radical (unpaired) electrons. The lowest BCUT2D eigenvalue weighted by Crippen LogP contribution is -2.48. The van der Waals surface area contributed by atoms with Gasteiger partial charge in [-0.2, -0.15) is 0 Å². The molecule has 130 valence electrons. The van der Waals surface area contributed by atoms with E-state index in [0.29, 0.717) is 19.6 Å². The maximum atomic E-state index is 12.5. The van der Waals surface area contributed by atoms with Gasteiger partial charge in [-0.3, -0.25) is 19.3 Å². The average Bonchev–Trinajstić information content (AvgIpc) is 2.78. The van der Waals surface area contributed by atoms with Crippen LogP contribution >= 0.6 is 23.2 Å². The minimum absolute atomic E-state index is 0.163. The molecule has 1 unspecified atom stereocenters. The quantitative estimate of drug-likeness (QED) is 0.568. The molecule has 1 atom stereocenters. The molecule has 0 saturated carbocycles. The number of nitrogens with zero attached hydrogens (tertiary/aromatic N) is 2. The monoisotopic (exact) mass is 372 g/mol. The summed E-state index contributed by atoms with van der Waals surface area (Å²) in [6, 6.07) is 1.81. The van der Waals surface area contributed by atoms with Gasteiger partial charge in [-0.15, -0.1) is 0 Å². The number of halogens is 2. The third-order valence-corrected chi connectivity index (χ3v) is 4.64. The van der Waals surface area contributed by atoms with Gasteiger partial charge in [0, 0.05) is 27.3 Å². The predicted molar refractivity (Wildman–Crippen MR) is 90.6 cm³/mol. The van der Waals surface area contributed by atoms with E-state index >= 15 is 0 Å².